The van der Waals surface area contributed by atoms with Crippen molar-refractivity contribution >= 4 is 42.9 Å². The lowest BCUT2D eigenvalue weighted by Crippen LogP contribution is -2.24. The summed E-state index contributed by atoms with van der Waals surface area (Å²) in [5, 5.41) is 3.04. The van der Waals surface area contributed by atoms with Gasteiger partial charge in [-0.1, -0.05) is 83.7 Å². The molecule has 1 fully saturated rings. The topological polar surface area (TPSA) is 0 Å². The molecule has 1 unspecified atom stereocenters. The van der Waals surface area contributed by atoms with Gasteiger partial charge in [-0.3, -0.25) is 0 Å². The highest BCUT2D eigenvalue weighted by atomic mass is 79.9. The predicted molar refractivity (Wildman–Crippen MR) is 104 cm³/mol. The van der Waals surface area contributed by atoms with E-state index in [9.17, 15) is 0 Å². The summed E-state index contributed by atoms with van der Waals surface area (Å²) in [6, 6.07) is 19.9. The maximum atomic E-state index is 3.78. The zero-order valence-corrected chi connectivity index (χ0v) is 14.1. The summed E-state index contributed by atoms with van der Waals surface area (Å²) in [5.41, 5.74) is 0.847. The molecule has 21 heavy (non-hydrogen) atoms. The first-order valence-electron chi connectivity index (χ1n) is 7.45. The molecule has 1 aliphatic carbocycles. The zero-order chi connectivity index (χ0) is 13.8. The van der Waals surface area contributed by atoms with Gasteiger partial charge in [0.05, 0.1) is 8.41 Å². The molecule has 0 aliphatic heterocycles. The van der Waals surface area contributed by atoms with Crippen LogP contribution in [-0.4, -0.2) is 14.1 Å². The van der Waals surface area contributed by atoms with E-state index in [0.29, 0.717) is 0 Å². The van der Waals surface area contributed by atoms with Gasteiger partial charge in [-0.25, -0.2) is 0 Å². The van der Waals surface area contributed by atoms with Crippen molar-refractivity contribution in [3.63, 3.8) is 0 Å². The van der Waals surface area contributed by atoms with Crippen molar-refractivity contribution in [3.8, 4) is 0 Å². The Labute approximate surface area is 139 Å². The molecule has 1 atom stereocenters. The molecule has 3 heteroatoms. The Morgan fingerprint density at radius 1 is 0.810 bits per heavy atom. The third kappa shape index (κ3) is 3.99. The van der Waals surface area contributed by atoms with Crippen molar-refractivity contribution in [2.45, 2.75) is 37.8 Å². The SMILES string of the molecule is B.Brc1ccccc1P(c1ccccc1)C1CCCCC1. The Hall–Kier alpha value is -0.585. The maximum absolute atomic E-state index is 3.78. The largest absolute Gasteiger partial charge is 0.0814 e. The van der Waals surface area contributed by atoms with Crippen LogP contribution in [0.2, 0.25) is 0 Å². The van der Waals surface area contributed by atoms with Gasteiger partial charge in [-0.05, 0) is 43.1 Å². The van der Waals surface area contributed by atoms with E-state index in [1.54, 1.807) is 0 Å². The first kappa shape index (κ1) is 16.8. The fourth-order valence-electron chi connectivity index (χ4n) is 3.12. The van der Waals surface area contributed by atoms with Gasteiger partial charge in [0.15, 0.2) is 0 Å². The molecule has 0 amide bonds. The normalized spacial score (nSPS) is 17.0. The maximum Gasteiger partial charge on any atom is 0.0814 e. The summed E-state index contributed by atoms with van der Waals surface area (Å²) in [4.78, 5) is 0. The smallest absolute Gasteiger partial charge is 0.0622 e. The van der Waals surface area contributed by atoms with E-state index in [1.807, 2.05) is 0 Å². The van der Waals surface area contributed by atoms with Gasteiger partial charge in [-0.2, -0.15) is 0 Å². The molecule has 0 aromatic heterocycles. The summed E-state index contributed by atoms with van der Waals surface area (Å²) >= 11 is 3.78. The Kier molecular flexibility index (Phi) is 6.52. The average Bonchev–Trinajstić information content (AvgIpc) is 2.52. The molecule has 1 aliphatic rings. The second kappa shape index (κ2) is 8.15. The highest BCUT2D eigenvalue weighted by molar-refractivity contribution is 9.10. The lowest BCUT2D eigenvalue weighted by atomic mass is 10.0. The molecule has 0 radical (unpaired) electrons. The molecule has 1 saturated carbocycles. The van der Waals surface area contributed by atoms with E-state index in [-0.39, 0.29) is 16.3 Å². The molecule has 0 spiro atoms. The lowest BCUT2D eigenvalue weighted by molar-refractivity contribution is 0.513. The van der Waals surface area contributed by atoms with Gasteiger partial charge in [0, 0.05) is 4.47 Å². The van der Waals surface area contributed by atoms with Crippen molar-refractivity contribution < 1.29 is 0 Å². The number of hydrogen-bond acceptors (Lipinski definition) is 0. The van der Waals surface area contributed by atoms with Gasteiger partial charge in [0.1, 0.15) is 0 Å². The fraction of sp³-hybridized carbons (Fsp3) is 0.333. The molecule has 110 valence electrons. The summed E-state index contributed by atoms with van der Waals surface area (Å²) in [6.45, 7) is 0. The molecule has 0 bridgehead atoms. The molecule has 0 nitrogen and oxygen atoms in total. The quantitative estimate of drug-likeness (QED) is 0.572. The number of hydrogen-bond donors (Lipinski definition) is 0. The summed E-state index contributed by atoms with van der Waals surface area (Å²) in [7, 11) is -0.237. The van der Waals surface area contributed by atoms with Crippen LogP contribution in [0.3, 0.4) is 0 Å². The minimum atomic E-state index is -0.237. The van der Waals surface area contributed by atoms with E-state index < -0.39 is 0 Å². The Balaban J connectivity index is 0.00000161. The van der Waals surface area contributed by atoms with Crippen molar-refractivity contribution in [2.24, 2.45) is 0 Å². The molecule has 2 aromatic rings. The van der Waals surface area contributed by atoms with Crippen LogP contribution in [0.25, 0.3) is 0 Å². The van der Waals surface area contributed by atoms with E-state index in [0.717, 1.165) is 5.66 Å². The van der Waals surface area contributed by atoms with E-state index in [1.165, 1.54) is 47.2 Å². The van der Waals surface area contributed by atoms with Crippen LogP contribution in [0.1, 0.15) is 32.1 Å². The predicted octanol–water partition coefficient (Wildman–Crippen LogP) is 4.03. The molecular formula is C18H23BBrP. The number of rotatable bonds is 3. The monoisotopic (exact) mass is 360 g/mol. The summed E-state index contributed by atoms with van der Waals surface area (Å²) in [6.07, 6.45) is 7.01. The second-order valence-corrected chi connectivity index (χ2v) is 8.77. The van der Waals surface area contributed by atoms with Crippen LogP contribution in [0.5, 0.6) is 0 Å². The Morgan fingerprint density at radius 3 is 2.10 bits per heavy atom. The van der Waals surface area contributed by atoms with Crippen LogP contribution in [-0.2, 0) is 0 Å². The highest BCUT2D eigenvalue weighted by Crippen LogP contribution is 2.47. The summed E-state index contributed by atoms with van der Waals surface area (Å²) in [5.74, 6) is 0. The minimum Gasteiger partial charge on any atom is -0.0622 e. The van der Waals surface area contributed by atoms with Crippen LogP contribution in [0.4, 0.5) is 0 Å². The number of benzene rings is 2. The minimum absolute atomic E-state index is 0. The van der Waals surface area contributed by atoms with Crippen molar-refractivity contribution in [1.82, 2.24) is 0 Å². The number of halogens is 1. The molecule has 0 saturated heterocycles. The van der Waals surface area contributed by atoms with Crippen LogP contribution in [0, 0.1) is 0 Å². The van der Waals surface area contributed by atoms with E-state index in [4.69, 9.17) is 0 Å². The van der Waals surface area contributed by atoms with Crippen molar-refractivity contribution in [2.75, 3.05) is 0 Å². The fourth-order valence-corrected chi connectivity index (χ4v) is 7.00. The third-order valence-corrected chi connectivity index (χ3v) is 8.09. The molecule has 0 N–H and O–H groups in total. The summed E-state index contributed by atoms with van der Waals surface area (Å²) < 4.78 is 1.28. The molecule has 3 rings (SSSR count). The average molecular weight is 361 g/mol. The van der Waals surface area contributed by atoms with Gasteiger partial charge >= 0.3 is 0 Å². The van der Waals surface area contributed by atoms with E-state index >= 15 is 0 Å². The van der Waals surface area contributed by atoms with Gasteiger partial charge in [0.25, 0.3) is 0 Å². The zero-order valence-electron chi connectivity index (χ0n) is 11.6. The molecular weight excluding hydrogens is 338 g/mol. The van der Waals surface area contributed by atoms with Crippen LogP contribution >= 0.6 is 23.9 Å². The highest BCUT2D eigenvalue weighted by Gasteiger charge is 2.27. The molecule has 0 heterocycles. The van der Waals surface area contributed by atoms with E-state index in [2.05, 4.69) is 70.5 Å². The third-order valence-electron chi connectivity index (χ3n) is 4.09. The van der Waals surface area contributed by atoms with Gasteiger partial charge in [0.2, 0.25) is 0 Å². The first-order valence-corrected chi connectivity index (χ1v) is 9.65. The molecule has 2 aromatic carbocycles. The van der Waals surface area contributed by atoms with Crippen LogP contribution < -0.4 is 10.6 Å². The van der Waals surface area contributed by atoms with Crippen LogP contribution in [0.15, 0.2) is 59.1 Å². The standard InChI is InChI=1S/C18H20BrP.BH3/c19-17-13-7-8-14-18(17)20(15-9-3-1-4-10-15)16-11-5-2-6-12-16;/h1,3-4,7-10,13-14,16H,2,5-6,11-12H2;1H3. The Bertz CT molecular complexity index is 552. The van der Waals surface area contributed by atoms with Gasteiger partial charge < -0.3 is 0 Å². The first-order chi connectivity index (χ1) is 9.86. The van der Waals surface area contributed by atoms with Crippen molar-refractivity contribution in [3.05, 3.63) is 59.1 Å². The Morgan fingerprint density at radius 2 is 1.43 bits per heavy atom. The van der Waals surface area contributed by atoms with Gasteiger partial charge in [-0.15, -0.1) is 0 Å². The lowest BCUT2D eigenvalue weighted by Gasteiger charge is -2.32. The van der Waals surface area contributed by atoms with Crippen molar-refractivity contribution in [1.29, 1.82) is 0 Å². The second-order valence-electron chi connectivity index (χ2n) is 5.45.